The van der Waals surface area contributed by atoms with Gasteiger partial charge in [-0.3, -0.25) is 14.3 Å². The molecule has 0 aliphatic heterocycles. The maximum absolute atomic E-state index is 13.7. The van der Waals surface area contributed by atoms with Crippen molar-refractivity contribution < 1.29 is 18.4 Å². The van der Waals surface area contributed by atoms with Gasteiger partial charge < -0.3 is 20.0 Å². The molecule has 2 N–H and O–H groups in total. The van der Waals surface area contributed by atoms with Gasteiger partial charge in [0.1, 0.15) is 17.2 Å². The molecule has 8 nitrogen and oxygen atoms in total. The summed E-state index contributed by atoms with van der Waals surface area (Å²) in [5.41, 5.74) is 4.80. The summed E-state index contributed by atoms with van der Waals surface area (Å²) in [5.74, 6) is -0.426. The quantitative estimate of drug-likeness (QED) is 0.182. The highest BCUT2D eigenvalue weighted by molar-refractivity contribution is 6.13. The Morgan fingerprint density at radius 3 is 2.43 bits per heavy atom. The van der Waals surface area contributed by atoms with Crippen LogP contribution >= 0.6 is 0 Å². The number of benzene rings is 3. The van der Waals surface area contributed by atoms with Crippen molar-refractivity contribution in [1.82, 2.24) is 20.4 Å². The summed E-state index contributed by atoms with van der Waals surface area (Å²) in [6.45, 7) is 7.04. The topological polar surface area (TPSA) is 92.4 Å². The Labute approximate surface area is 255 Å². The number of halogens is 1. The van der Waals surface area contributed by atoms with Crippen molar-refractivity contribution in [1.29, 1.82) is 0 Å². The number of carbonyl (C=O) groups is 2. The average molecular weight is 594 g/mol. The molecule has 2 heterocycles. The molecular weight excluding hydrogens is 557 g/mol. The smallest absolute Gasteiger partial charge is 0.255 e. The first-order valence-electron chi connectivity index (χ1n) is 15.0. The fraction of sp³-hybridized carbons (Fsp3) is 0.286. The molecule has 6 rings (SSSR count). The molecular formula is C35H36FN5O3. The number of furan rings is 1. The lowest BCUT2D eigenvalue weighted by atomic mass is 9.96. The molecule has 0 bridgehead atoms. The first-order chi connectivity index (χ1) is 21.3. The number of aromatic nitrogens is 2. The second kappa shape index (κ2) is 12.0. The summed E-state index contributed by atoms with van der Waals surface area (Å²) >= 11 is 0. The van der Waals surface area contributed by atoms with Crippen LogP contribution in [0.15, 0.2) is 83.5 Å². The lowest BCUT2D eigenvalue weighted by molar-refractivity contribution is 0.0940. The third-order valence-electron chi connectivity index (χ3n) is 8.54. The average Bonchev–Trinajstić information content (AvgIpc) is 3.42. The minimum Gasteiger partial charge on any atom is -0.455 e. The van der Waals surface area contributed by atoms with Crippen molar-refractivity contribution in [3.8, 4) is 22.5 Å². The summed E-state index contributed by atoms with van der Waals surface area (Å²) in [5, 5.41) is 10.8. The Kier molecular flexibility index (Phi) is 7.95. The van der Waals surface area contributed by atoms with Crippen LogP contribution < -0.4 is 15.5 Å². The largest absolute Gasteiger partial charge is 0.455 e. The summed E-state index contributed by atoms with van der Waals surface area (Å²) in [7, 11) is 1.57. The lowest BCUT2D eigenvalue weighted by Crippen LogP contribution is -2.32. The minimum atomic E-state index is -0.369. The predicted octanol–water partition coefficient (Wildman–Crippen LogP) is 6.52. The van der Waals surface area contributed by atoms with Crippen molar-refractivity contribution in [2.75, 3.05) is 31.6 Å². The lowest BCUT2D eigenvalue weighted by Gasteiger charge is -2.24. The van der Waals surface area contributed by atoms with Gasteiger partial charge in [-0.15, -0.1) is 0 Å². The van der Waals surface area contributed by atoms with Crippen molar-refractivity contribution in [3.05, 3.63) is 96.1 Å². The Morgan fingerprint density at radius 1 is 1.00 bits per heavy atom. The van der Waals surface area contributed by atoms with Crippen LogP contribution in [0.5, 0.6) is 0 Å². The van der Waals surface area contributed by atoms with Gasteiger partial charge in [-0.2, -0.15) is 5.10 Å². The Hall–Kier alpha value is -4.92. The van der Waals surface area contributed by atoms with E-state index in [1.165, 1.54) is 12.1 Å². The van der Waals surface area contributed by atoms with E-state index < -0.39 is 0 Å². The number of amides is 2. The van der Waals surface area contributed by atoms with E-state index in [-0.39, 0.29) is 23.0 Å². The van der Waals surface area contributed by atoms with E-state index >= 15 is 0 Å². The molecule has 2 aromatic heterocycles. The van der Waals surface area contributed by atoms with Crippen LogP contribution in [0.3, 0.4) is 0 Å². The van der Waals surface area contributed by atoms with E-state index in [2.05, 4.69) is 34.5 Å². The molecule has 0 spiro atoms. The summed E-state index contributed by atoms with van der Waals surface area (Å²) < 4.78 is 22.0. The number of hydrogen-bond donors (Lipinski definition) is 2. The Balaban J connectivity index is 1.39. The van der Waals surface area contributed by atoms with Crippen LogP contribution in [0.2, 0.25) is 0 Å². The van der Waals surface area contributed by atoms with Crippen LogP contribution in [-0.2, 0) is 6.54 Å². The third kappa shape index (κ3) is 5.69. The minimum absolute atomic E-state index is 0.0417. The fourth-order valence-electron chi connectivity index (χ4n) is 5.85. The van der Waals surface area contributed by atoms with E-state index in [1.807, 2.05) is 53.3 Å². The third-order valence-corrected chi connectivity index (χ3v) is 8.54. The Morgan fingerprint density at radius 2 is 1.77 bits per heavy atom. The standard InChI is InChI=1S/C35H36FN5O3/c1-4-40(5-2)29-20-30-28(31(34(43)37-3)32(44-30)23-10-12-26(36)13-11-23)19-27(29)24-8-6-9-25(18-24)33(42)38-21-35(14-15-35)22-41-17-7-16-39-41/h6-13,16-20H,4-5,14-15,21-22H2,1-3H3,(H,37,43)(H,38,42). The molecule has 2 amide bonds. The first-order valence-corrected chi connectivity index (χ1v) is 15.0. The second-order valence-corrected chi connectivity index (χ2v) is 11.4. The van der Waals surface area contributed by atoms with E-state index in [0.29, 0.717) is 40.0 Å². The molecule has 1 saturated carbocycles. The molecule has 44 heavy (non-hydrogen) atoms. The predicted molar refractivity (Wildman–Crippen MR) is 170 cm³/mol. The van der Waals surface area contributed by atoms with Gasteiger partial charge in [0.05, 0.1) is 5.56 Å². The molecule has 226 valence electrons. The van der Waals surface area contributed by atoms with Crippen LogP contribution in [0.25, 0.3) is 33.4 Å². The highest BCUT2D eigenvalue weighted by Gasteiger charge is 2.43. The number of nitrogens with one attached hydrogen (secondary N) is 2. The van der Waals surface area contributed by atoms with Gasteiger partial charge in [0, 0.05) is 84.9 Å². The number of fused-ring (bicyclic) bond motifs is 1. The molecule has 0 radical (unpaired) electrons. The van der Waals surface area contributed by atoms with Crippen LogP contribution in [0, 0.1) is 11.2 Å². The van der Waals surface area contributed by atoms with Crippen LogP contribution in [-0.4, -0.2) is 48.3 Å². The fourth-order valence-corrected chi connectivity index (χ4v) is 5.85. The zero-order valence-electron chi connectivity index (χ0n) is 25.2. The van der Waals surface area contributed by atoms with E-state index in [4.69, 9.17) is 4.42 Å². The highest BCUT2D eigenvalue weighted by Crippen LogP contribution is 2.46. The monoisotopic (exact) mass is 593 g/mol. The van der Waals surface area contributed by atoms with Gasteiger partial charge >= 0.3 is 0 Å². The van der Waals surface area contributed by atoms with E-state index in [9.17, 15) is 14.0 Å². The van der Waals surface area contributed by atoms with Crippen molar-refractivity contribution in [3.63, 3.8) is 0 Å². The number of hydrogen-bond acceptors (Lipinski definition) is 5. The summed E-state index contributed by atoms with van der Waals surface area (Å²) in [6, 6.07) is 19.3. The Bertz CT molecular complexity index is 1800. The van der Waals surface area contributed by atoms with Gasteiger partial charge in [0.15, 0.2) is 0 Å². The SMILES string of the molecule is CCN(CC)c1cc2oc(-c3ccc(F)cc3)c(C(=O)NC)c2cc1-c1cccc(C(=O)NCC2(Cn3cccn3)CC2)c1. The molecule has 0 saturated heterocycles. The molecule has 1 fully saturated rings. The van der Waals surface area contributed by atoms with E-state index in [1.54, 1.807) is 25.4 Å². The number of anilines is 1. The number of nitrogens with zero attached hydrogens (tertiary/aromatic N) is 3. The molecule has 0 atom stereocenters. The van der Waals surface area contributed by atoms with Gasteiger partial charge in [-0.05, 0) is 80.8 Å². The maximum atomic E-state index is 13.7. The van der Waals surface area contributed by atoms with E-state index in [0.717, 1.165) is 49.3 Å². The van der Waals surface area contributed by atoms with Gasteiger partial charge in [0.2, 0.25) is 0 Å². The van der Waals surface area contributed by atoms with Crippen molar-refractivity contribution in [2.45, 2.75) is 33.2 Å². The molecule has 1 aliphatic rings. The number of carbonyl (C=O) groups excluding carboxylic acids is 2. The normalized spacial score (nSPS) is 13.5. The molecule has 9 heteroatoms. The highest BCUT2D eigenvalue weighted by atomic mass is 19.1. The van der Waals surface area contributed by atoms with Crippen molar-refractivity contribution >= 4 is 28.5 Å². The molecule has 3 aromatic carbocycles. The van der Waals surface area contributed by atoms with Gasteiger partial charge in [-0.1, -0.05) is 12.1 Å². The van der Waals surface area contributed by atoms with Gasteiger partial charge in [-0.25, -0.2) is 4.39 Å². The summed E-state index contributed by atoms with van der Waals surface area (Å²) in [6.07, 6.45) is 5.83. The second-order valence-electron chi connectivity index (χ2n) is 11.4. The zero-order valence-corrected chi connectivity index (χ0v) is 25.2. The molecule has 1 aliphatic carbocycles. The summed E-state index contributed by atoms with van der Waals surface area (Å²) in [4.78, 5) is 28.8. The van der Waals surface area contributed by atoms with Crippen LogP contribution in [0.4, 0.5) is 10.1 Å². The molecule has 0 unspecified atom stereocenters. The first kappa shape index (κ1) is 29.2. The van der Waals surface area contributed by atoms with Gasteiger partial charge in [0.25, 0.3) is 11.8 Å². The van der Waals surface area contributed by atoms with Crippen molar-refractivity contribution in [2.24, 2.45) is 5.41 Å². The number of rotatable bonds is 11. The van der Waals surface area contributed by atoms with Crippen LogP contribution in [0.1, 0.15) is 47.4 Å². The zero-order chi connectivity index (χ0) is 30.8. The maximum Gasteiger partial charge on any atom is 0.255 e. The molecule has 5 aromatic rings.